The van der Waals surface area contributed by atoms with Crippen molar-refractivity contribution in [1.82, 2.24) is 15.1 Å². The number of amides is 2. The Morgan fingerprint density at radius 2 is 1.63 bits per heavy atom. The maximum Gasteiger partial charge on any atom is 0.254 e. The van der Waals surface area contributed by atoms with E-state index in [0.29, 0.717) is 24.6 Å². The first-order valence-corrected chi connectivity index (χ1v) is 14.2. The first kappa shape index (κ1) is 26.7. The number of nitrogens with one attached hydrogen (secondary N) is 1. The normalized spacial score (nSPS) is 25.7. The summed E-state index contributed by atoms with van der Waals surface area (Å²) in [6.45, 7) is 3.44. The molecule has 3 aliphatic rings. The van der Waals surface area contributed by atoms with Crippen molar-refractivity contribution in [1.29, 1.82) is 0 Å². The van der Waals surface area contributed by atoms with Crippen molar-refractivity contribution >= 4 is 11.8 Å². The molecular weight excluding hydrogens is 476 g/mol. The van der Waals surface area contributed by atoms with E-state index < -0.39 is 6.04 Å². The first-order valence-electron chi connectivity index (χ1n) is 14.2. The zero-order valence-electron chi connectivity index (χ0n) is 22.8. The van der Waals surface area contributed by atoms with Crippen molar-refractivity contribution in [2.24, 2.45) is 5.73 Å². The van der Waals surface area contributed by atoms with E-state index in [1.807, 2.05) is 48.2 Å². The minimum Gasteiger partial charge on any atom is -0.497 e. The van der Waals surface area contributed by atoms with Gasteiger partial charge in [0.15, 0.2) is 0 Å². The van der Waals surface area contributed by atoms with Crippen LogP contribution in [0.3, 0.4) is 0 Å². The summed E-state index contributed by atoms with van der Waals surface area (Å²) in [6, 6.07) is 16.6. The molecule has 2 aliphatic carbocycles. The lowest BCUT2D eigenvalue weighted by atomic mass is 9.90. The molecule has 2 atom stereocenters. The Bertz CT molecular complexity index is 1090. The van der Waals surface area contributed by atoms with Gasteiger partial charge in [-0.15, -0.1) is 0 Å². The third-order valence-electron chi connectivity index (χ3n) is 8.56. The molecule has 0 bridgehead atoms. The Labute approximate surface area is 226 Å². The number of nitrogens with zero attached hydrogens (tertiary/aromatic N) is 2. The number of carbonyl (C=O) groups is 2. The van der Waals surface area contributed by atoms with Gasteiger partial charge in [0.2, 0.25) is 5.91 Å². The number of carbonyl (C=O) groups excluding carboxylic acids is 2. The smallest absolute Gasteiger partial charge is 0.254 e. The first-order chi connectivity index (χ1) is 18.4. The van der Waals surface area contributed by atoms with Gasteiger partial charge in [-0.1, -0.05) is 29.8 Å². The Morgan fingerprint density at radius 3 is 2.26 bits per heavy atom. The third kappa shape index (κ3) is 6.38. The van der Waals surface area contributed by atoms with Crippen molar-refractivity contribution < 1.29 is 14.3 Å². The number of methoxy groups -OCH3 is 1. The zero-order valence-corrected chi connectivity index (χ0v) is 22.8. The summed E-state index contributed by atoms with van der Waals surface area (Å²) in [5, 5.41) is 3.30. The Balaban J connectivity index is 1.34. The van der Waals surface area contributed by atoms with Gasteiger partial charge in [-0.2, -0.15) is 0 Å². The van der Waals surface area contributed by atoms with E-state index in [1.165, 1.54) is 18.4 Å². The third-order valence-corrected chi connectivity index (χ3v) is 8.56. The topological polar surface area (TPSA) is 87.9 Å². The van der Waals surface area contributed by atoms with E-state index >= 15 is 0 Å². The maximum atomic E-state index is 13.8. The molecule has 1 heterocycles. The number of rotatable bonds is 8. The van der Waals surface area contributed by atoms with Crippen LogP contribution < -0.4 is 15.8 Å². The molecule has 204 valence electrons. The van der Waals surface area contributed by atoms with Crippen molar-refractivity contribution in [3.63, 3.8) is 0 Å². The molecule has 2 aromatic rings. The van der Waals surface area contributed by atoms with Crippen molar-refractivity contribution in [2.45, 2.75) is 95.0 Å². The number of hydrogen-bond donors (Lipinski definition) is 2. The van der Waals surface area contributed by atoms with Gasteiger partial charge in [-0.05, 0) is 88.1 Å². The fourth-order valence-electron chi connectivity index (χ4n) is 6.07. The lowest BCUT2D eigenvalue weighted by Gasteiger charge is -2.43. The lowest BCUT2D eigenvalue weighted by molar-refractivity contribution is -0.128. The van der Waals surface area contributed by atoms with Crippen LogP contribution in [-0.4, -0.2) is 65.5 Å². The summed E-state index contributed by atoms with van der Waals surface area (Å²) in [4.78, 5) is 31.8. The van der Waals surface area contributed by atoms with E-state index in [1.54, 1.807) is 7.11 Å². The fraction of sp³-hybridized carbons (Fsp3) is 0.548. The summed E-state index contributed by atoms with van der Waals surface area (Å²) in [7, 11) is 1.68. The van der Waals surface area contributed by atoms with Gasteiger partial charge in [-0.3, -0.25) is 14.5 Å². The van der Waals surface area contributed by atoms with E-state index in [2.05, 4.69) is 22.3 Å². The Kier molecular flexibility index (Phi) is 8.34. The summed E-state index contributed by atoms with van der Waals surface area (Å²) in [5.74, 6) is 0.785. The largest absolute Gasteiger partial charge is 0.497 e. The van der Waals surface area contributed by atoms with Crippen LogP contribution in [0.1, 0.15) is 72.9 Å². The molecule has 3 fully saturated rings. The molecule has 2 aromatic carbocycles. The Hall–Kier alpha value is -2.90. The summed E-state index contributed by atoms with van der Waals surface area (Å²) in [6.07, 6.45) is 7.58. The number of hydrogen-bond acceptors (Lipinski definition) is 5. The molecule has 38 heavy (non-hydrogen) atoms. The standard InChI is InChI=1S/C31H42N4O3/c1-21-3-7-23(8-4-21)31(37)34-18-17-27(19-29(34)30(36)33-25-11-9-24(32)10-12-25)35(26-13-14-26)20-22-5-15-28(38-2)16-6-22/h3-8,15-16,24-27,29H,9-14,17-20,32H2,1-2H3,(H,33,36)/t24?,25?,27?,29-/m1/s1. The highest BCUT2D eigenvalue weighted by Crippen LogP contribution is 2.35. The molecule has 7 nitrogen and oxygen atoms in total. The lowest BCUT2D eigenvalue weighted by Crippen LogP contribution is -2.58. The average Bonchev–Trinajstić information content (AvgIpc) is 3.78. The molecule has 3 N–H and O–H groups in total. The number of aryl methyl sites for hydroxylation is 1. The molecule has 7 heteroatoms. The summed E-state index contributed by atoms with van der Waals surface area (Å²) < 4.78 is 5.33. The molecule has 1 unspecified atom stereocenters. The molecular formula is C31H42N4O3. The van der Waals surface area contributed by atoms with E-state index in [9.17, 15) is 9.59 Å². The number of piperidine rings is 1. The van der Waals surface area contributed by atoms with Crippen LogP contribution in [0.2, 0.25) is 0 Å². The van der Waals surface area contributed by atoms with E-state index in [0.717, 1.165) is 50.0 Å². The van der Waals surface area contributed by atoms with Crippen LogP contribution >= 0.6 is 0 Å². The monoisotopic (exact) mass is 518 g/mol. The van der Waals surface area contributed by atoms with Crippen LogP contribution in [-0.2, 0) is 11.3 Å². The Morgan fingerprint density at radius 1 is 0.947 bits per heavy atom. The van der Waals surface area contributed by atoms with E-state index in [-0.39, 0.29) is 29.9 Å². The number of nitrogens with two attached hydrogens (primary N) is 1. The minimum absolute atomic E-state index is 0.0178. The van der Waals surface area contributed by atoms with Crippen molar-refractivity contribution in [3.05, 3.63) is 65.2 Å². The van der Waals surface area contributed by atoms with Crippen molar-refractivity contribution in [2.75, 3.05) is 13.7 Å². The van der Waals surface area contributed by atoms with Gasteiger partial charge in [-0.25, -0.2) is 0 Å². The SMILES string of the molecule is COc1ccc(CN(C2CC2)C2CCN(C(=O)c3ccc(C)cc3)[C@@H](C(=O)NC3CCC(N)CC3)C2)cc1. The maximum absolute atomic E-state index is 13.8. The average molecular weight is 519 g/mol. The van der Waals surface area contributed by atoms with Gasteiger partial charge in [0, 0.05) is 42.8 Å². The highest BCUT2D eigenvalue weighted by Gasteiger charge is 2.42. The highest BCUT2D eigenvalue weighted by atomic mass is 16.5. The fourth-order valence-corrected chi connectivity index (χ4v) is 6.07. The molecule has 5 rings (SSSR count). The van der Waals surface area contributed by atoms with E-state index in [4.69, 9.17) is 10.5 Å². The molecule has 2 saturated carbocycles. The van der Waals surface area contributed by atoms with Gasteiger partial charge in [0.1, 0.15) is 11.8 Å². The molecule has 1 saturated heterocycles. The van der Waals surface area contributed by atoms with Crippen LogP contribution in [0.5, 0.6) is 5.75 Å². The summed E-state index contributed by atoms with van der Waals surface area (Å²) in [5.41, 5.74) is 9.10. The van der Waals surface area contributed by atoms with Gasteiger partial charge in [0.25, 0.3) is 5.91 Å². The summed E-state index contributed by atoms with van der Waals surface area (Å²) >= 11 is 0. The second-order valence-corrected chi connectivity index (χ2v) is 11.4. The predicted molar refractivity (Wildman–Crippen MR) is 149 cm³/mol. The van der Waals surface area contributed by atoms with Crippen LogP contribution in [0.15, 0.2) is 48.5 Å². The minimum atomic E-state index is -0.477. The molecule has 0 aromatic heterocycles. The van der Waals surface area contributed by atoms with Crippen LogP contribution in [0.4, 0.5) is 0 Å². The van der Waals surface area contributed by atoms with Gasteiger partial charge < -0.3 is 20.7 Å². The van der Waals surface area contributed by atoms with Crippen LogP contribution in [0.25, 0.3) is 0 Å². The van der Waals surface area contributed by atoms with Crippen LogP contribution in [0, 0.1) is 6.92 Å². The quantitative estimate of drug-likeness (QED) is 0.551. The molecule has 0 spiro atoms. The van der Waals surface area contributed by atoms with Crippen molar-refractivity contribution in [3.8, 4) is 5.75 Å². The second-order valence-electron chi connectivity index (χ2n) is 11.4. The number of likely N-dealkylation sites (tertiary alicyclic amines) is 1. The molecule has 0 radical (unpaired) electrons. The number of benzene rings is 2. The second kappa shape index (κ2) is 11.9. The number of ether oxygens (including phenoxy) is 1. The molecule has 1 aliphatic heterocycles. The predicted octanol–water partition coefficient (Wildman–Crippen LogP) is 4.03. The zero-order chi connectivity index (χ0) is 26.6. The highest BCUT2D eigenvalue weighted by molar-refractivity contribution is 5.97. The van der Waals surface area contributed by atoms with Gasteiger partial charge >= 0.3 is 0 Å². The van der Waals surface area contributed by atoms with Gasteiger partial charge in [0.05, 0.1) is 7.11 Å². The molecule has 2 amide bonds.